The van der Waals surface area contributed by atoms with Gasteiger partial charge in [0.1, 0.15) is 5.00 Å². The zero-order valence-corrected chi connectivity index (χ0v) is 14.7. The van der Waals surface area contributed by atoms with Gasteiger partial charge in [-0.15, -0.1) is 11.3 Å². The molecule has 0 saturated carbocycles. The second-order valence-electron chi connectivity index (χ2n) is 5.45. The molecule has 0 atom stereocenters. The molecular formula is C18H20N2O4S. The van der Waals surface area contributed by atoms with Crippen LogP contribution in [-0.4, -0.2) is 24.4 Å². The molecule has 7 heteroatoms. The molecule has 2 aromatic rings. The maximum atomic E-state index is 12.0. The first-order chi connectivity index (χ1) is 12.0. The Morgan fingerprint density at radius 2 is 1.88 bits per heavy atom. The van der Waals surface area contributed by atoms with Crippen LogP contribution in [0, 0.1) is 0 Å². The fraction of sp³-hybridized carbons (Fsp3) is 0.278. The van der Waals surface area contributed by atoms with Crippen molar-refractivity contribution in [2.75, 3.05) is 11.9 Å². The summed E-state index contributed by atoms with van der Waals surface area (Å²) in [7, 11) is 0. The van der Waals surface area contributed by atoms with E-state index in [1.807, 2.05) is 12.1 Å². The van der Waals surface area contributed by atoms with Crippen molar-refractivity contribution in [3.05, 3.63) is 52.4 Å². The van der Waals surface area contributed by atoms with Crippen molar-refractivity contribution in [3.8, 4) is 0 Å². The number of nitrogens with one attached hydrogen (secondary N) is 1. The van der Waals surface area contributed by atoms with Gasteiger partial charge in [-0.3, -0.25) is 9.59 Å². The number of anilines is 1. The van der Waals surface area contributed by atoms with E-state index in [4.69, 9.17) is 10.5 Å². The van der Waals surface area contributed by atoms with E-state index in [1.165, 1.54) is 17.4 Å². The van der Waals surface area contributed by atoms with E-state index in [0.29, 0.717) is 10.6 Å². The Balaban J connectivity index is 1.85. The van der Waals surface area contributed by atoms with Crippen LogP contribution < -0.4 is 11.1 Å². The van der Waals surface area contributed by atoms with Crippen LogP contribution in [0.25, 0.3) is 0 Å². The highest BCUT2D eigenvalue weighted by molar-refractivity contribution is 7.14. The Hall–Kier alpha value is -2.67. The Morgan fingerprint density at radius 3 is 2.52 bits per heavy atom. The summed E-state index contributed by atoms with van der Waals surface area (Å²) < 4.78 is 5.00. The van der Waals surface area contributed by atoms with E-state index in [-0.39, 0.29) is 5.56 Å². The number of rotatable bonds is 8. The van der Waals surface area contributed by atoms with Crippen LogP contribution in [0.5, 0.6) is 0 Å². The van der Waals surface area contributed by atoms with Gasteiger partial charge >= 0.3 is 5.97 Å². The first kappa shape index (κ1) is 18.7. The maximum absolute atomic E-state index is 12.0. The van der Waals surface area contributed by atoms with Gasteiger partial charge in [0.15, 0.2) is 6.61 Å². The SMILES string of the molecule is CCCCc1ccc(C(=O)OCC(=O)Nc2sccc2C(N)=O)cc1. The van der Waals surface area contributed by atoms with Crippen molar-refractivity contribution in [2.45, 2.75) is 26.2 Å². The summed E-state index contributed by atoms with van der Waals surface area (Å²) in [5.74, 6) is -1.73. The largest absolute Gasteiger partial charge is 0.452 e. The van der Waals surface area contributed by atoms with Gasteiger partial charge in [-0.25, -0.2) is 4.79 Å². The highest BCUT2D eigenvalue weighted by Gasteiger charge is 2.14. The van der Waals surface area contributed by atoms with E-state index >= 15 is 0 Å². The summed E-state index contributed by atoms with van der Waals surface area (Å²) in [6.07, 6.45) is 3.18. The summed E-state index contributed by atoms with van der Waals surface area (Å²) >= 11 is 1.17. The van der Waals surface area contributed by atoms with Gasteiger partial charge < -0.3 is 15.8 Å². The Kier molecular flexibility index (Phi) is 6.71. The molecule has 0 aliphatic heterocycles. The topological polar surface area (TPSA) is 98.5 Å². The number of unbranched alkanes of at least 4 members (excludes halogenated alkanes) is 1. The summed E-state index contributed by atoms with van der Waals surface area (Å²) in [6, 6.07) is 8.67. The maximum Gasteiger partial charge on any atom is 0.338 e. The van der Waals surface area contributed by atoms with E-state index < -0.39 is 24.4 Å². The van der Waals surface area contributed by atoms with Gasteiger partial charge in [0, 0.05) is 0 Å². The normalized spacial score (nSPS) is 10.3. The first-order valence-electron chi connectivity index (χ1n) is 7.94. The molecule has 25 heavy (non-hydrogen) atoms. The van der Waals surface area contributed by atoms with Crippen LogP contribution in [0.4, 0.5) is 5.00 Å². The molecule has 0 aliphatic rings. The lowest BCUT2D eigenvalue weighted by Gasteiger charge is -2.07. The monoisotopic (exact) mass is 360 g/mol. The highest BCUT2D eigenvalue weighted by Crippen LogP contribution is 2.22. The van der Waals surface area contributed by atoms with Crippen LogP contribution in [0.2, 0.25) is 0 Å². The molecule has 0 bridgehead atoms. The fourth-order valence-corrected chi connectivity index (χ4v) is 2.97. The molecule has 0 aliphatic carbocycles. The minimum Gasteiger partial charge on any atom is -0.452 e. The van der Waals surface area contributed by atoms with Crippen LogP contribution in [0.3, 0.4) is 0 Å². The molecule has 2 amide bonds. The third kappa shape index (κ3) is 5.42. The first-order valence-corrected chi connectivity index (χ1v) is 8.82. The number of thiophene rings is 1. The Bertz CT molecular complexity index is 753. The highest BCUT2D eigenvalue weighted by atomic mass is 32.1. The van der Waals surface area contributed by atoms with Crippen molar-refractivity contribution in [2.24, 2.45) is 5.73 Å². The molecule has 1 aromatic carbocycles. The van der Waals surface area contributed by atoms with Crippen molar-refractivity contribution in [1.82, 2.24) is 0 Å². The van der Waals surface area contributed by atoms with E-state index in [2.05, 4.69) is 12.2 Å². The van der Waals surface area contributed by atoms with Crippen molar-refractivity contribution < 1.29 is 19.1 Å². The molecule has 6 nitrogen and oxygen atoms in total. The van der Waals surface area contributed by atoms with Gasteiger partial charge in [0.2, 0.25) is 0 Å². The number of hydrogen-bond donors (Lipinski definition) is 2. The minimum atomic E-state index is -0.628. The number of carbonyl (C=O) groups excluding carboxylic acids is 3. The molecule has 2 rings (SSSR count). The lowest BCUT2D eigenvalue weighted by Crippen LogP contribution is -2.22. The lowest BCUT2D eigenvalue weighted by atomic mass is 10.1. The summed E-state index contributed by atoms with van der Waals surface area (Å²) in [5, 5.41) is 4.49. The quantitative estimate of drug-likeness (QED) is 0.707. The van der Waals surface area contributed by atoms with Gasteiger partial charge in [-0.2, -0.15) is 0 Å². The summed E-state index contributed by atoms with van der Waals surface area (Å²) in [5.41, 5.74) is 6.99. The van der Waals surface area contributed by atoms with Crippen molar-refractivity contribution >= 4 is 34.1 Å². The number of amides is 2. The Labute approximate surface area is 150 Å². The zero-order chi connectivity index (χ0) is 18.2. The average Bonchev–Trinajstić information content (AvgIpc) is 3.06. The number of aryl methyl sites for hydroxylation is 1. The van der Waals surface area contributed by atoms with E-state index in [9.17, 15) is 14.4 Å². The molecule has 0 spiro atoms. The molecule has 3 N–H and O–H groups in total. The van der Waals surface area contributed by atoms with Crippen LogP contribution in [0.15, 0.2) is 35.7 Å². The molecule has 0 radical (unpaired) electrons. The standard InChI is InChI=1S/C18H20N2O4S/c1-2-3-4-12-5-7-13(8-6-12)18(23)24-11-15(21)20-17-14(16(19)22)9-10-25-17/h5-10H,2-4,11H2,1H3,(H2,19,22)(H,20,21). The number of esters is 1. The predicted octanol–water partition coefficient (Wildman–Crippen LogP) is 2.99. The summed E-state index contributed by atoms with van der Waals surface area (Å²) in [4.78, 5) is 35.0. The van der Waals surface area contributed by atoms with Crippen molar-refractivity contribution in [1.29, 1.82) is 0 Å². The molecule has 0 fully saturated rings. The van der Waals surface area contributed by atoms with Crippen LogP contribution in [-0.2, 0) is 16.0 Å². The number of nitrogens with two attached hydrogens (primary N) is 1. The lowest BCUT2D eigenvalue weighted by molar-refractivity contribution is -0.119. The third-order valence-corrected chi connectivity index (χ3v) is 4.36. The number of carbonyl (C=O) groups is 3. The molecule has 1 aromatic heterocycles. The smallest absolute Gasteiger partial charge is 0.338 e. The van der Waals surface area contributed by atoms with Crippen LogP contribution >= 0.6 is 11.3 Å². The molecule has 1 heterocycles. The fourth-order valence-electron chi connectivity index (χ4n) is 2.17. The number of benzene rings is 1. The molecule has 0 saturated heterocycles. The minimum absolute atomic E-state index is 0.229. The zero-order valence-electron chi connectivity index (χ0n) is 13.9. The average molecular weight is 360 g/mol. The van der Waals surface area contributed by atoms with Gasteiger partial charge in [0.25, 0.3) is 11.8 Å². The molecule has 0 unspecified atom stereocenters. The van der Waals surface area contributed by atoms with Gasteiger partial charge in [-0.1, -0.05) is 25.5 Å². The molecular weight excluding hydrogens is 340 g/mol. The number of primary amides is 1. The van der Waals surface area contributed by atoms with E-state index in [0.717, 1.165) is 24.8 Å². The number of hydrogen-bond acceptors (Lipinski definition) is 5. The van der Waals surface area contributed by atoms with E-state index in [1.54, 1.807) is 17.5 Å². The third-order valence-electron chi connectivity index (χ3n) is 3.53. The summed E-state index contributed by atoms with van der Waals surface area (Å²) in [6.45, 7) is 1.69. The van der Waals surface area contributed by atoms with Gasteiger partial charge in [-0.05, 0) is 42.0 Å². The second kappa shape index (κ2) is 8.98. The van der Waals surface area contributed by atoms with Crippen LogP contribution in [0.1, 0.15) is 46.0 Å². The van der Waals surface area contributed by atoms with Gasteiger partial charge in [0.05, 0.1) is 11.1 Å². The Morgan fingerprint density at radius 1 is 1.16 bits per heavy atom. The van der Waals surface area contributed by atoms with Crippen molar-refractivity contribution in [3.63, 3.8) is 0 Å². The predicted molar refractivity (Wildman–Crippen MR) is 96.8 cm³/mol. The molecule has 132 valence electrons. The second-order valence-corrected chi connectivity index (χ2v) is 6.37. The number of ether oxygens (including phenoxy) is 1.